The second-order valence-electron chi connectivity index (χ2n) is 7.95. The molecule has 0 aromatic carbocycles. The Kier molecular flexibility index (Phi) is 33.6. The summed E-state index contributed by atoms with van der Waals surface area (Å²) in [6.07, 6.45) is 22.4. The standard InChI is InChI=1S/C18H35NO2.C6H13NO2.Na.H/c1-2-3-4-5-6-7-8-9-10-11-12-13-14-15-16-17-18(20)19-21;1-3-5(2)7-4-6(8)9;;/h9-10,21H,2-8,11-17H2,1H3,(H,19,20);5,7H,3-4H2,1-2H3,(H,8,9);;/b10-9-;;;. The van der Waals surface area contributed by atoms with Gasteiger partial charge in [0.25, 0.3) is 0 Å². The van der Waals surface area contributed by atoms with Gasteiger partial charge in [-0.25, -0.2) is 5.48 Å². The third kappa shape index (κ3) is 34.4. The van der Waals surface area contributed by atoms with Gasteiger partial charge in [-0.2, -0.15) is 0 Å². The Labute approximate surface area is 213 Å². The Morgan fingerprint density at radius 1 is 0.839 bits per heavy atom. The summed E-state index contributed by atoms with van der Waals surface area (Å²) in [6, 6.07) is 0.307. The molecule has 0 fully saturated rings. The van der Waals surface area contributed by atoms with Crippen LogP contribution >= 0.6 is 0 Å². The second kappa shape index (κ2) is 29.6. The van der Waals surface area contributed by atoms with Gasteiger partial charge in [-0.1, -0.05) is 77.4 Å². The SMILES string of the molecule is CCC(C)NCC(=O)O.CCCCCCCC/C=C\CCCCCCCC(=O)NO.[NaH]. The van der Waals surface area contributed by atoms with E-state index in [1.165, 1.54) is 70.6 Å². The number of carbonyl (C=O) groups excluding carboxylic acids is 1. The molecule has 1 amide bonds. The van der Waals surface area contributed by atoms with Crippen LogP contribution < -0.4 is 10.8 Å². The van der Waals surface area contributed by atoms with Gasteiger partial charge in [0, 0.05) is 12.5 Å². The molecule has 0 aliphatic heterocycles. The molecule has 0 aliphatic rings. The summed E-state index contributed by atoms with van der Waals surface area (Å²) in [6.45, 7) is 6.30. The van der Waals surface area contributed by atoms with E-state index in [1.807, 2.05) is 13.8 Å². The first kappa shape index (κ1) is 35.2. The molecule has 7 heteroatoms. The average molecular weight is 453 g/mol. The Balaban J connectivity index is -0.000000662. The maximum atomic E-state index is 10.8. The molecule has 31 heavy (non-hydrogen) atoms. The number of carbonyl (C=O) groups is 2. The van der Waals surface area contributed by atoms with E-state index in [4.69, 9.17) is 10.3 Å². The number of hydrogen-bond donors (Lipinski definition) is 4. The topological polar surface area (TPSA) is 98.7 Å². The fourth-order valence-corrected chi connectivity index (χ4v) is 2.82. The van der Waals surface area contributed by atoms with Gasteiger partial charge >= 0.3 is 35.5 Å². The number of allylic oxidation sites excluding steroid dienone is 2. The van der Waals surface area contributed by atoms with Crippen molar-refractivity contribution in [2.24, 2.45) is 0 Å². The fraction of sp³-hybridized carbons (Fsp3) is 0.833. The summed E-state index contributed by atoms with van der Waals surface area (Å²) < 4.78 is 0. The zero-order valence-corrected chi connectivity index (χ0v) is 19.8. The van der Waals surface area contributed by atoms with Crippen LogP contribution in [-0.4, -0.2) is 64.3 Å². The minimum atomic E-state index is -0.796. The van der Waals surface area contributed by atoms with E-state index < -0.39 is 5.97 Å². The number of rotatable bonds is 19. The number of hydrogen-bond acceptors (Lipinski definition) is 4. The zero-order chi connectivity index (χ0) is 22.9. The Hall–Kier alpha value is -0.400. The first-order valence-electron chi connectivity index (χ1n) is 12.0. The van der Waals surface area contributed by atoms with Gasteiger partial charge in [-0.3, -0.25) is 14.8 Å². The normalized spacial score (nSPS) is 11.4. The monoisotopic (exact) mass is 452 g/mol. The van der Waals surface area contributed by atoms with Crippen LogP contribution in [0.2, 0.25) is 0 Å². The van der Waals surface area contributed by atoms with Gasteiger partial charge in [-0.05, 0) is 45.4 Å². The van der Waals surface area contributed by atoms with E-state index in [9.17, 15) is 9.59 Å². The summed E-state index contributed by atoms with van der Waals surface area (Å²) in [7, 11) is 0. The van der Waals surface area contributed by atoms with E-state index in [0.29, 0.717) is 12.5 Å². The first-order valence-corrected chi connectivity index (χ1v) is 12.0. The summed E-state index contributed by atoms with van der Waals surface area (Å²) in [4.78, 5) is 20.7. The average Bonchev–Trinajstić information content (AvgIpc) is 2.74. The predicted molar refractivity (Wildman–Crippen MR) is 132 cm³/mol. The van der Waals surface area contributed by atoms with Crippen LogP contribution in [0.5, 0.6) is 0 Å². The molecule has 6 nitrogen and oxygen atoms in total. The molecule has 0 aliphatic carbocycles. The van der Waals surface area contributed by atoms with Crippen molar-refractivity contribution in [3.05, 3.63) is 12.2 Å². The number of nitrogens with one attached hydrogen (secondary N) is 2. The molecule has 0 rings (SSSR count). The molecule has 0 radical (unpaired) electrons. The van der Waals surface area contributed by atoms with Gasteiger partial charge in [0.1, 0.15) is 0 Å². The minimum absolute atomic E-state index is 0. The van der Waals surface area contributed by atoms with Crippen molar-refractivity contribution in [2.45, 2.75) is 123 Å². The molecule has 0 bridgehead atoms. The summed E-state index contributed by atoms with van der Waals surface area (Å²) in [5.74, 6) is -1.07. The van der Waals surface area contributed by atoms with Crippen LogP contribution in [-0.2, 0) is 9.59 Å². The summed E-state index contributed by atoms with van der Waals surface area (Å²) >= 11 is 0. The third-order valence-corrected chi connectivity index (χ3v) is 5.00. The van der Waals surface area contributed by atoms with Gasteiger partial charge in [0.05, 0.1) is 6.54 Å². The molecule has 1 unspecified atom stereocenters. The molecule has 4 N–H and O–H groups in total. The Bertz CT molecular complexity index is 420. The van der Waals surface area contributed by atoms with Gasteiger partial charge < -0.3 is 10.4 Å². The Morgan fingerprint density at radius 2 is 1.32 bits per heavy atom. The van der Waals surface area contributed by atoms with E-state index in [0.717, 1.165) is 19.3 Å². The second-order valence-corrected chi connectivity index (χ2v) is 7.95. The van der Waals surface area contributed by atoms with Crippen molar-refractivity contribution in [1.29, 1.82) is 0 Å². The fourth-order valence-electron chi connectivity index (χ4n) is 2.82. The number of amides is 1. The van der Waals surface area contributed by atoms with Crippen LogP contribution in [0.25, 0.3) is 0 Å². The van der Waals surface area contributed by atoms with Crippen LogP contribution in [0.15, 0.2) is 12.2 Å². The van der Waals surface area contributed by atoms with Crippen molar-refractivity contribution < 1.29 is 19.9 Å². The van der Waals surface area contributed by atoms with Crippen molar-refractivity contribution in [2.75, 3.05) is 6.54 Å². The van der Waals surface area contributed by atoms with Crippen molar-refractivity contribution in [3.8, 4) is 0 Å². The van der Waals surface area contributed by atoms with Crippen molar-refractivity contribution in [1.82, 2.24) is 10.8 Å². The number of hydroxylamine groups is 1. The van der Waals surface area contributed by atoms with Crippen LogP contribution in [0.4, 0.5) is 0 Å². The molecular formula is C24H49N2NaO4. The first-order chi connectivity index (χ1) is 14.5. The van der Waals surface area contributed by atoms with Gasteiger partial charge in [0.2, 0.25) is 5.91 Å². The van der Waals surface area contributed by atoms with Crippen LogP contribution in [0, 0.1) is 0 Å². The number of carboxylic acids is 1. The predicted octanol–water partition coefficient (Wildman–Crippen LogP) is 5.34. The number of aliphatic carboxylic acids is 1. The molecule has 0 heterocycles. The molecule has 1 atom stereocenters. The third-order valence-electron chi connectivity index (χ3n) is 5.00. The molecule has 180 valence electrons. The molecule has 0 saturated carbocycles. The van der Waals surface area contributed by atoms with E-state index in [-0.39, 0.29) is 42.0 Å². The van der Waals surface area contributed by atoms with Crippen LogP contribution in [0.3, 0.4) is 0 Å². The van der Waals surface area contributed by atoms with Crippen molar-refractivity contribution in [3.63, 3.8) is 0 Å². The number of unbranched alkanes of at least 4 members (excludes halogenated alkanes) is 11. The maximum absolute atomic E-state index is 10.8. The summed E-state index contributed by atoms with van der Waals surface area (Å²) in [5, 5.41) is 19.4. The van der Waals surface area contributed by atoms with Crippen molar-refractivity contribution >= 4 is 41.4 Å². The molecule has 0 aromatic rings. The molecular weight excluding hydrogens is 403 g/mol. The zero-order valence-electron chi connectivity index (χ0n) is 19.8. The Morgan fingerprint density at radius 3 is 1.77 bits per heavy atom. The molecule has 0 saturated heterocycles. The quantitative estimate of drug-likeness (QED) is 0.0697. The van der Waals surface area contributed by atoms with E-state index in [2.05, 4.69) is 24.4 Å². The summed E-state index contributed by atoms with van der Waals surface area (Å²) in [5.41, 5.74) is 1.67. The van der Waals surface area contributed by atoms with Crippen LogP contribution in [0.1, 0.15) is 117 Å². The molecule has 0 spiro atoms. The van der Waals surface area contributed by atoms with E-state index >= 15 is 0 Å². The van der Waals surface area contributed by atoms with Gasteiger partial charge in [0.15, 0.2) is 0 Å². The van der Waals surface area contributed by atoms with E-state index in [1.54, 1.807) is 5.48 Å². The number of carboxylic acid groups (broad SMARTS) is 1. The van der Waals surface area contributed by atoms with Gasteiger partial charge in [-0.15, -0.1) is 0 Å². The molecule has 0 aromatic heterocycles.